The van der Waals surface area contributed by atoms with Crippen molar-refractivity contribution in [2.24, 2.45) is 11.7 Å². The molecule has 0 spiro atoms. The Morgan fingerprint density at radius 2 is 2.09 bits per heavy atom. The summed E-state index contributed by atoms with van der Waals surface area (Å²) >= 11 is 0. The third-order valence-corrected chi connectivity index (χ3v) is 5.96. The van der Waals surface area contributed by atoms with Gasteiger partial charge in [-0.3, -0.25) is 4.79 Å². The van der Waals surface area contributed by atoms with Crippen molar-refractivity contribution in [2.75, 3.05) is 13.1 Å². The Bertz CT molecular complexity index is 661. The number of sulfonamides is 1. The summed E-state index contributed by atoms with van der Waals surface area (Å²) in [7, 11) is -3.63. The second-order valence-electron chi connectivity index (χ2n) is 5.78. The molecule has 1 aliphatic heterocycles. The molecular weight excluding hydrogens is 307 g/mol. The van der Waals surface area contributed by atoms with E-state index in [-0.39, 0.29) is 16.7 Å². The lowest BCUT2D eigenvalue weighted by molar-refractivity contribution is -0.119. The van der Waals surface area contributed by atoms with Gasteiger partial charge in [0.15, 0.2) is 0 Å². The lowest BCUT2D eigenvalue weighted by Crippen LogP contribution is -2.32. The molecule has 1 saturated heterocycles. The maximum Gasteiger partial charge on any atom is 0.243 e. The van der Waals surface area contributed by atoms with Crippen LogP contribution in [0.15, 0.2) is 23.1 Å². The zero-order chi connectivity index (χ0) is 16.3. The van der Waals surface area contributed by atoms with E-state index in [1.165, 1.54) is 22.5 Å². The molecule has 1 atom stereocenters. The number of nitrogens with two attached hydrogens (primary N) is 1. The Labute approximate surface area is 130 Å². The number of hydrogen-bond acceptors (Lipinski definition) is 3. The Hall–Kier alpha value is -1.47. The summed E-state index contributed by atoms with van der Waals surface area (Å²) in [5.74, 6) is -0.639. The normalized spacial score (nSPS) is 20.5. The van der Waals surface area contributed by atoms with Gasteiger partial charge in [-0.15, -0.1) is 0 Å². The van der Waals surface area contributed by atoms with Crippen molar-refractivity contribution in [3.63, 3.8) is 0 Å². The highest BCUT2D eigenvalue weighted by molar-refractivity contribution is 7.89. The van der Waals surface area contributed by atoms with E-state index in [0.717, 1.165) is 6.42 Å². The molecule has 1 heterocycles. The number of rotatable bonds is 4. The predicted octanol–water partition coefficient (Wildman–Crippen LogP) is 1.80. The van der Waals surface area contributed by atoms with Crippen molar-refractivity contribution in [3.8, 4) is 0 Å². The monoisotopic (exact) mass is 328 g/mol. The van der Waals surface area contributed by atoms with Gasteiger partial charge in [0.1, 0.15) is 5.82 Å². The lowest BCUT2D eigenvalue weighted by Gasteiger charge is -2.20. The van der Waals surface area contributed by atoms with Crippen molar-refractivity contribution in [2.45, 2.75) is 37.5 Å². The van der Waals surface area contributed by atoms with Crippen LogP contribution in [0, 0.1) is 18.7 Å². The van der Waals surface area contributed by atoms with Gasteiger partial charge in [-0.05, 0) is 55.9 Å². The molecule has 1 aliphatic rings. The van der Waals surface area contributed by atoms with Gasteiger partial charge >= 0.3 is 0 Å². The SMILES string of the molecule is Cc1cc(S(=O)(=O)N2CCC[C@H](CC(N)=O)CC2)ccc1F. The maximum absolute atomic E-state index is 13.3. The van der Waals surface area contributed by atoms with Crippen LogP contribution in [0.3, 0.4) is 0 Å². The molecule has 22 heavy (non-hydrogen) atoms. The number of aryl methyl sites for hydroxylation is 1. The molecule has 2 N–H and O–H groups in total. The maximum atomic E-state index is 13.3. The summed E-state index contributed by atoms with van der Waals surface area (Å²) in [6.45, 7) is 2.31. The number of halogens is 1. The Kier molecular flexibility index (Phi) is 5.18. The van der Waals surface area contributed by atoms with E-state index in [0.29, 0.717) is 37.9 Å². The summed E-state index contributed by atoms with van der Waals surface area (Å²) < 4.78 is 40.0. The number of carbonyl (C=O) groups is 1. The molecule has 7 heteroatoms. The second-order valence-corrected chi connectivity index (χ2v) is 7.72. The summed E-state index contributed by atoms with van der Waals surface area (Å²) in [6.07, 6.45) is 2.39. The molecule has 5 nitrogen and oxygen atoms in total. The van der Waals surface area contributed by atoms with Gasteiger partial charge in [0, 0.05) is 19.5 Å². The van der Waals surface area contributed by atoms with E-state index < -0.39 is 15.8 Å². The third kappa shape index (κ3) is 3.84. The number of primary amides is 1. The number of benzene rings is 1. The van der Waals surface area contributed by atoms with E-state index in [1.807, 2.05) is 0 Å². The summed E-state index contributed by atoms with van der Waals surface area (Å²) in [5.41, 5.74) is 5.52. The zero-order valence-corrected chi connectivity index (χ0v) is 13.4. The molecule has 0 radical (unpaired) electrons. The molecule has 0 unspecified atom stereocenters. The minimum absolute atomic E-state index is 0.111. The van der Waals surface area contributed by atoms with Crippen LogP contribution >= 0.6 is 0 Å². The third-order valence-electron chi connectivity index (χ3n) is 4.06. The van der Waals surface area contributed by atoms with Gasteiger partial charge in [-0.1, -0.05) is 0 Å². The zero-order valence-electron chi connectivity index (χ0n) is 12.6. The van der Waals surface area contributed by atoms with Crippen LogP contribution in [-0.2, 0) is 14.8 Å². The van der Waals surface area contributed by atoms with Gasteiger partial charge < -0.3 is 5.73 Å². The first-order valence-corrected chi connectivity index (χ1v) is 8.79. The average molecular weight is 328 g/mol. The summed E-state index contributed by atoms with van der Waals surface area (Å²) in [6, 6.07) is 3.83. The van der Waals surface area contributed by atoms with Crippen molar-refractivity contribution in [1.29, 1.82) is 0 Å². The molecule has 122 valence electrons. The van der Waals surface area contributed by atoms with Crippen LogP contribution in [-0.4, -0.2) is 31.7 Å². The Balaban J connectivity index is 2.15. The number of carbonyl (C=O) groups excluding carboxylic acids is 1. The minimum atomic E-state index is -3.63. The van der Waals surface area contributed by atoms with Gasteiger partial charge in [0.2, 0.25) is 15.9 Å². The quantitative estimate of drug-likeness (QED) is 0.915. The Morgan fingerprint density at radius 1 is 1.36 bits per heavy atom. The summed E-state index contributed by atoms with van der Waals surface area (Å²) in [5, 5.41) is 0. The van der Waals surface area contributed by atoms with Gasteiger partial charge in [-0.25, -0.2) is 12.8 Å². The van der Waals surface area contributed by atoms with Crippen molar-refractivity contribution in [1.82, 2.24) is 4.31 Å². The van der Waals surface area contributed by atoms with Crippen LogP contribution in [0.25, 0.3) is 0 Å². The molecule has 0 aliphatic carbocycles. The molecule has 1 fully saturated rings. The molecule has 1 amide bonds. The fourth-order valence-electron chi connectivity index (χ4n) is 2.79. The summed E-state index contributed by atoms with van der Waals surface area (Å²) in [4.78, 5) is 11.1. The fourth-order valence-corrected chi connectivity index (χ4v) is 4.37. The van der Waals surface area contributed by atoms with E-state index >= 15 is 0 Å². The molecule has 1 aromatic carbocycles. The van der Waals surface area contributed by atoms with Crippen LogP contribution in [0.5, 0.6) is 0 Å². The van der Waals surface area contributed by atoms with Gasteiger partial charge in [0.25, 0.3) is 0 Å². The second kappa shape index (κ2) is 6.75. The highest BCUT2D eigenvalue weighted by Gasteiger charge is 2.28. The predicted molar refractivity (Wildman–Crippen MR) is 81.0 cm³/mol. The average Bonchev–Trinajstić information content (AvgIpc) is 2.67. The van der Waals surface area contributed by atoms with Crippen molar-refractivity contribution >= 4 is 15.9 Å². The van der Waals surface area contributed by atoms with Crippen molar-refractivity contribution in [3.05, 3.63) is 29.6 Å². The largest absolute Gasteiger partial charge is 0.370 e. The van der Waals surface area contributed by atoms with Crippen LogP contribution in [0.1, 0.15) is 31.2 Å². The molecular formula is C15H21FN2O3S. The topological polar surface area (TPSA) is 80.5 Å². The number of nitrogens with zero attached hydrogens (tertiary/aromatic N) is 1. The smallest absolute Gasteiger partial charge is 0.243 e. The number of amides is 1. The number of hydrogen-bond donors (Lipinski definition) is 1. The minimum Gasteiger partial charge on any atom is -0.370 e. The highest BCUT2D eigenvalue weighted by atomic mass is 32.2. The first kappa shape index (κ1) is 16.9. The molecule has 0 bridgehead atoms. The first-order valence-electron chi connectivity index (χ1n) is 7.35. The van der Waals surface area contributed by atoms with Crippen molar-refractivity contribution < 1.29 is 17.6 Å². The molecule has 0 saturated carbocycles. The van der Waals surface area contributed by atoms with Crippen LogP contribution in [0.2, 0.25) is 0 Å². The van der Waals surface area contributed by atoms with Crippen LogP contribution < -0.4 is 5.73 Å². The fraction of sp³-hybridized carbons (Fsp3) is 0.533. The van der Waals surface area contributed by atoms with Gasteiger partial charge in [0.05, 0.1) is 4.90 Å². The molecule has 1 aromatic rings. The standard InChI is InChI=1S/C15H21FN2O3S/c1-11-9-13(4-5-14(11)16)22(20,21)18-7-2-3-12(6-8-18)10-15(17)19/h4-5,9,12H,2-3,6-8,10H2,1H3,(H2,17,19)/t12-/m0/s1. The molecule has 0 aromatic heterocycles. The van der Waals surface area contributed by atoms with Gasteiger partial charge in [-0.2, -0.15) is 4.31 Å². The van der Waals surface area contributed by atoms with E-state index in [2.05, 4.69) is 0 Å². The van der Waals surface area contributed by atoms with Crippen LogP contribution in [0.4, 0.5) is 4.39 Å². The first-order chi connectivity index (χ1) is 10.3. The highest BCUT2D eigenvalue weighted by Crippen LogP contribution is 2.25. The Morgan fingerprint density at radius 3 is 2.73 bits per heavy atom. The van der Waals surface area contributed by atoms with E-state index in [9.17, 15) is 17.6 Å². The van der Waals surface area contributed by atoms with E-state index in [1.54, 1.807) is 6.92 Å². The lowest BCUT2D eigenvalue weighted by atomic mass is 9.97. The molecule has 2 rings (SSSR count). The van der Waals surface area contributed by atoms with E-state index in [4.69, 9.17) is 5.73 Å².